The smallest absolute Gasteiger partial charge is 0.150 e. The van der Waals surface area contributed by atoms with Crippen molar-refractivity contribution in [3.8, 4) is 0 Å². The van der Waals surface area contributed by atoms with Gasteiger partial charge in [0.2, 0.25) is 0 Å². The highest BCUT2D eigenvalue weighted by atomic mass is 32.2. The molecule has 2 fully saturated rings. The van der Waals surface area contributed by atoms with Gasteiger partial charge >= 0.3 is 0 Å². The third-order valence-electron chi connectivity index (χ3n) is 5.10. The maximum absolute atomic E-state index is 11.7. The molecule has 0 bridgehead atoms. The minimum absolute atomic E-state index is 0.0612. The molecule has 2 aliphatic rings. The Morgan fingerprint density at radius 1 is 1.05 bits per heavy atom. The van der Waals surface area contributed by atoms with Crippen LogP contribution < -0.4 is 5.32 Å². The molecule has 0 amide bonds. The molecule has 2 saturated carbocycles. The van der Waals surface area contributed by atoms with Crippen LogP contribution in [0.25, 0.3) is 0 Å². The Kier molecular flexibility index (Phi) is 5.29. The number of hydrogen-bond donors (Lipinski definition) is 1. The Labute approximate surface area is 118 Å². The Morgan fingerprint density at radius 2 is 1.79 bits per heavy atom. The number of sulfone groups is 1. The van der Waals surface area contributed by atoms with Crippen molar-refractivity contribution in [2.24, 2.45) is 11.8 Å². The lowest BCUT2D eigenvalue weighted by Gasteiger charge is -2.32. The van der Waals surface area contributed by atoms with Crippen molar-refractivity contribution >= 4 is 9.84 Å². The van der Waals surface area contributed by atoms with Crippen molar-refractivity contribution in [1.82, 2.24) is 5.32 Å². The molecule has 0 aromatic carbocycles. The highest BCUT2D eigenvalue weighted by Crippen LogP contribution is 2.40. The molecule has 112 valence electrons. The third kappa shape index (κ3) is 4.19. The molecule has 1 N–H and O–H groups in total. The van der Waals surface area contributed by atoms with Gasteiger partial charge in [0, 0.05) is 12.3 Å². The van der Waals surface area contributed by atoms with Gasteiger partial charge in [-0.2, -0.15) is 0 Å². The normalized spacial score (nSPS) is 36.5. The molecule has 4 atom stereocenters. The molecule has 3 nitrogen and oxygen atoms in total. The molecule has 2 rings (SSSR count). The molecule has 4 unspecified atom stereocenters. The molecular weight excluding hydrogens is 258 g/mol. The summed E-state index contributed by atoms with van der Waals surface area (Å²) in [4.78, 5) is 0. The van der Waals surface area contributed by atoms with Crippen molar-refractivity contribution in [2.75, 3.05) is 12.8 Å². The van der Waals surface area contributed by atoms with E-state index in [1.54, 1.807) is 0 Å². The highest BCUT2D eigenvalue weighted by Gasteiger charge is 2.36. The summed E-state index contributed by atoms with van der Waals surface area (Å²) < 4.78 is 23.5. The van der Waals surface area contributed by atoms with E-state index in [1.807, 2.05) is 0 Å². The summed E-state index contributed by atoms with van der Waals surface area (Å²) in [5, 5.41) is 3.56. The molecule has 19 heavy (non-hydrogen) atoms. The predicted molar refractivity (Wildman–Crippen MR) is 80.0 cm³/mol. The minimum atomic E-state index is -2.83. The fraction of sp³-hybridized carbons (Fsp3) is 1.00. The van der Waals surface area contributed by atoms with Crippen LogP contribution in [0.4, 0.5) is 0 Å². The lowest BCUT2D eigenvalue weighted by Crippen LogP contribution is -2.31. The van der Waals surface area contributed by atoms with Gasteiger partial charge in [-0.1, -0.05) is 19.8 Å². The molecule has 4 heteroatoms. The molecule has 0 spiro atoms. The standard InChI is InChI=1S/C15H29NO2S/c1-3-9-16-14-8-7-13(10-14)12-5-4-6-15(11-12)19(2,17)18/h12-16H,3-11H2,1-2H3. The second-order valence-corrected chi connectivity index (χ2v) is 8.93. The van der Waals surface area contributed by atoms with Gasteiger partial charge in [-0.25, -0.2) is 8.42 Å². The van der Waals surface area contributed by atoms with E-state index >= 15 is 0 Å². The first-order valence-corrected chi connectivity index (χ1v) is 9.88. The average molecular weight is 287 g/mol. The lowest BCUT2D eigenvalue weighted by molar-refractivity contribution is 0.249. The topological polar surface area (TPSA) is 46.2 Å². The van der Waals surface area contributed by atoms with Crippen molar-refractivity contribution < 1.29 is 8.42 Å². The van der Waals surface area contributed by atoms with E-state index in [-0.39, 0.29) is 5.25 Å². The summed E-state index contributed by atoms with van der Waals surface area (Å²) in [6.07, 6.45) is 10.6. The van der Waals surface area contributed by atoms with Gasteiger partial charge in [-0.3, -0.25) is 0 Å². The Bertz CT molecular complexity index is 380. The van der Waals surface area contributed by atoms with E-state index in [1.165, 1.54) is 38.4 Å². The molecule has 2 aliphatic carbocycles. The van der Waals surface area contributed by atoms with Crippen LogP contribution in [-0.4, -0.2) is 32.5 Å². The molecule has 0 saturated heterocycles. The van der Waals surface area contributed by atoms with Gasteiger partial charge in [-0.15, -0.1) is 0 Å². The van der Waals surface area contributed by atoms with Crippen molar-refractivity contribution in [3.63, 3.8) is 0 Å². The third-order valence-corrected chi connectivity index (χ3v) is 6.73. The summed E-state index contributed by atoms with van der Waals surface area (Å²) in [5.74, 6) is 1.42. The van der Waals surface area contributed by atoms with Crippen LogP contribution in [0.2, 0.25) is 0 Å². The predicted octanol–water partition coefficient (Wildman–Crippen LogP) is 2.76. The highest BCUT2D eigenvalue weighted by molar-refractivity contribution is 7.91. The molecule has 0 aliphatic heterocycles. The van der Waals surface area contributed by atoms with E-state index in [0.717, 1.165) is 31.7 Å². The Morgan fingerprint density at radius 3 is 2.47 bits per heavy atom. The van der Waals surface area contributed by atoms with Gasteiger partial charge in [0.1, 0.15) is 9.84 Å². The van der Waals surface area contributed by atoms with Crippen LogP contribution in [0.3, 0.4) is 0 Å². The maximum atomic E-state index is 11.7. The average Bonchev–Trinajstić information content (AvgIpc) is 2.84. The summed E-state index contributed by atoms with van der Waals surface area (Å²) in [7, 11) is -2.83. The van der Waals surface area contributed by atoms with Gasteiger partial charge in [-0.05, 0) is 56.9 Å². The van der Waals surface area contributed by atoms with Crippen LogP contribution in [0, 0.1) is 11.8 Å². The zero-order valence-electron chi connectivity index (χ0n) is 12.4. The molecule has 0 aromatic heterocycles. The fourth-order valence-corrected chi connectivity index (χ4v) is 5.17. The van der Waals surface area contributed by atoms with Gasteiger partial charge in [0.15, 0.2) is 0 Å². The van der Waals surface area contributed by atoms with Crippen LogP contribution in [0.15, 0.2) is 0 Å². The fourth-order valence-electron chi connectivity index (χ4n) is 3.98. The first kappa shape index (κ1) is 15.3. The number of hydrogen-bond acceptors (Lipinski definition) is 3. The van der Waals surface area contributed by atoms with Crippen LogP contribution >= 0.6 is 0 Å². The number of nitrogens with one attached hydrogen (secondary N) is 1. The van der Waals surface area contributed by atoms with Crippen molar-refractivity contribution in [1.29, 1.82) is 0 Å². The molecule has 0 aromatic rings. The second kappa shape index (κ2) is 6.57. The van der Waals surface area contributed by atoms with E-state index < -0.39 is 9.84 Å². The SMILES string of the molecule is CCCNC1CCC(C2CCCC(S(C)(=O)=O)C2)C1. The lowest BCUT2D eigenvalue weighted by atomic mass is 9.79. The first-order chi connectivity index (χ1) is 9.00. The quantitative estimate of drug-likeness (QED) is 0.845. The second-order valence-electron chi connectivity index (χ2n) is 6.60. The molecular formula is C15H29NO2S. The molecule has 0 heterocycles. The number of rotatable bonds is 5. The van der Waals surface area contributed by atoms with E-state index in [0.29, 0.717) is 12.0 Å². The zero-order chi connectivity index (χ0) is 13.9. The van der Waals surface area contributed by atoms with E-state index in [4.69, 9.17) is 0 Å². The summed E-state index contributed by atoms with van der Waals surface area (Å²) in [6, 6.07) is 0.684. The van der Waals surface area contributed by atoms with Crippen molar-refractivity contribution in [2.45, 2.75) is 69.6 Å². The van der Waals surface area contributed by atoms with Gasteiger partial charge in [0.05, 0.1) is 5.25 Å². The Hall–Kier alpha value is -0.0900. The van der Waals surface area contributed by atoms with E-state index in [2.05, 4.69) is 12.2 Å². The maximum Gasteiger partial charge on any atom is 0.150 e. The summed E-state index contributed by atoms with van der Waals surface area (Å²) >= 11 is 0. The first-order valence-electron chi connectivity index (χ1n) is 7.93. The summed E-state index contributed by atoms with van der Waals surface area (Å²) in [6.45, 7) is 3.32. The van der Waals surface area contributed by atoms with Crippen LogP contribution in [-0.2, 0) is 9.84 Å². The van der Waals surface area contributed by atoms with Crippen LogP contribution in [0.5, 0.6) is 0 Å². The van der Waals surface area contributed by atoms with Crippen LogP contribution in [0.1, 0.15) is 58.3 Å². The van der Waals surface area contributed by atoms with Crippen molar-refractivity contribution in [3.05, 3.63) is 0 Å². The largest absolute Gasteiger partial charge is 0.314 e. The van der Waals surface area contributed by atoms with Gasteiger partial charge < -0.3 is 5.32 Å². The summed E-state index contributed by atoms with van der Waals surface area (Å²) in [5.41, 5.74) is 0. The molecule has 0 radical (unpaired) electrons. The minimum Gasteiger partial charge on any atom is -0.314 e. The van der Waals surface area contributed by atoms with E-state index in [9.17, 15) is 8.42 Å². The zero-order valence-corrected chi connectivity index (χ0v) is 13.2. The monoisotopic (exact) mass is 287 g/mol. The van der Waals surface area contributed by atoms with Gasteiger partial charge in [0.25, 0.3) is 0 Å². The Balaban J connectivity index is 1.85.